The van der Waals surface area contributed by atoms with Gasteiger partial charge in [0.25, 0.3) is 0 Å². The number of nitrogens with zero attached hydrogens (tertiary/aromatic N) is 3. The number of hydrogen-bond donors (Lipinski definition) is 2. The van der Waals surface area contributed by atoms with Crippen LogP contribution in [-0.4, -0.2) is 70.8 Å². The van der Waals surface area contributed by atoms with Crippen LogP contribution in [0.4, 0.5) is 0 Å². The van der Waals surface area contributed by atoms with Crippen LogP contribution in [-0.2, 0) is 27.2 Å². The van der Waals surface area contributed by atoms with Crippen LogP contribution >= 0.6 is 11.3 Å². The third-order valence-electron chi connectivity index (χ3n) is 12.6. The average molecular weight is 745 g/mol. The molecule has 4 unspecified atom stereocenters. The van der Waals surface area contributed by atoms with Gasteiger partial charge in [-0.1, -0.05) is 52.8 Å². The fraction of sp³-hybridized carbons (Fsp3) is 0.512. The van der Waals surface area contributed by atoms with Crippen molar-refractivity contribution in [2.45, 2.75) is 94.8 Å². The largest absolute Gasteiger partial charge is 0.464 e. The van der Waals surface area contributed by atoms with Crippen molar-refractivity contribution in [2.24, 2.45) is 22.7 Å². The number of nitrogens with one attached hydrogen (secondary N) is 2. The van der Waals surface area contributed by atoms with Gasteiger partial charge in [0.1, 0.15) is 6.04 Å². The summed E-state index contributed by atoms with van der Waals surface area (Å²) in [5, 5.41) is 5.92. The number of hydrogen-bond acceptors (Lipinski definition) is 7. The number of allylic oxidation sites excluding steroid dienone is 1. The lowest BCUT2D eigenvalue weighted by atomic mass is 9.54. The Morgan fingerprint density at radius 2 is 2.02 bits per heavy atom. The molecule has 4 fully saturated rings. The Labute approximate surface area is 315 Å². The van der Waals surface area contributed by atoms with E-state index in [2.05, 4.69) is 91.5 Å². The minimum Gasteiger partial charge on any atom is -0.464 e. The van der Waals surface area contributed by atoms with E-state index in [9.17, 15) is 4.79 Å². The molecule has 7 atom stereocenters. The van der Waals surface area contributed by atoms with Crippen LogP contribution in [0.25, 0.3) is 33.4 Å². The van der Waals surface area contributed by atoms with Crippen molar-refractivity contribution in [1.82, 2.24) is 25.4 Å². The van der Waals surface area contributed by atoms with Gasteiger partial charge < -0.3 is 9.72 Å². The number of rotatable bonds is 4. The molecule has 11 heteroatoms. The molecule has 1 spiro atoms. The Hall–Kier alpha value is -3.39. The van der Waals surface area contributed by atoms with Crippen LogP contribution in [0.15, 0.2) is 54.1 Å². The Bertz CT molecular complexity index is 2140. The van der Waals surface area contributed by atoms with Gasteiger partial charge in [0.05, 0.1) is 34.1 Å². The van der Waals surface area contributed by atoms with Gasteiger partial charge in [-0.15, -0.1) is 11.3 Å². The van der Waals surface area contributed by atoms with E-state index in [4.69, 9.17) is 14.7 Å². The number of esters is 1. The van der Waals surface area contributed by atoms with Crippen LogP contribution in [0.1, 0.15) is 76.1 Å². The number of thiazole rings is 1. The molecule has 6 bridgehead atoms. The van der Waals surface area contributed by atoms with Crippen LogP contribution in [0.5, 0.6) is 0 Å². The highest BCUT2D eigenvalue weighted by Gasteiger charge is 2.77. The van der Waals surface area contributed by atoms with E-state index < -0.39 is 11.5 Å². The lowest BCUT2D eigenvalue weighted by Gasteiger charge is -2.52. The average Bonchev–Trinajstić information content (AvgIpc) is 3.86. The molecule has 2 N–H and O–H groups in total. The standard InChI is InChI=1S/C41H46N5O3SSi2/c1-21(2)33-25(9-7-13-42-33)34-27-17-39(5,6)20-49-37(47)29-10-8-14-46(45-29)38(48)40(32(35-36(40)52-35)23(4)41(51)16-22(41)3)18-31-43-30(19-50-31)24-11-12-28(44-34)26(27)15-24/h7,9,11-13,15,19,21-22,29,32,35-36,44-45H,4,8,10,14,16-18,20H2,1-3,5-6H3/t22-,29-,32?,35?,36?,40?,41+/m0/s1. The summed E-state index contributed by atoms with van der Waals surface area (Å²) in [7, 11) is 4.86. The SMILES string of the molecule is C=C(C1C2[Si]C2C12Cc1nc(cs1)-c1ccc3[nH]c(-c4cccnc4C(C)C)c(c3c1)CC(C)(C)COC(=O)[C@@H]1CCCN(N1)C2=O)[C@@]1([Si])C[C@@H]1C. The van der Waals surface area contributed by atoms with E-state index in [1.54, 1.807) is 16.3 Å². The zero-order valence-corrected chi connectivity index (χ0v) is 33.5. The molecule has 8 nitrogen and oxygen atoms in total. The molecule has 2 aliphatic carbocycles. The van der Waals surface area contributed by atoms with Crippen molar-refractivity contribution in [3.8, 4) is 22.5 Å². The molecule has 4 aromatic rings. The zero-order chi connectivity index (χ0) is 36.3. The summed E-state index contributed by atoms with van der Waals surface area (Å²) in [6, 6.07) is 10.2. The van der Waals surface area contributed by atoms with E-state index >= 15 is 4.79 Å². The van der Waals surface area contributed by atoms with Gasteiger partial charge in [-0.3, -0.25) is 19.6 Å². The number of aromatic amines is 1. The monoisotopic (exact) mass is 744 g/mol. The van der Waals surface area contributed by atoms with Crippen molar-refractivity contribution in [3.05, 3.63) is 70.3 Å². The van der Waals surface area contributed by atoms with Gasteiger partial charge in [0.15, 0.2) is 0 Å². The summed E-state index contributed by atoms with van der Waals surface area (Å²) in [6.45, 7) is 16.4. The predicted molar refractivity (Wildman–Crippen MR) is 207 cm³/mol. The van der Waals surface area contributed by atoms with Crippen LogP contribution in [0.2, 0.25) is 16.1 Å². The number of fused-ring (bicyclic) bond motifs is 8. The molecular weight excluding hydrogens is 699 g/mol. The fourth-order valence-electron chi connectivity index (χ4n) is 9.48. The molecule has 3 aromatic heterocycles. The Morgan fingerprint density at radius 1 is 1.21 bits per heavy atom. The summed E-state index contributed by atoms with van der Waals surface area (Å²) >= 11 is 1.65. The minimum absolute atomic E-state index is 0.0825. The molecule has 5 aliphatic rings. The maximum absolute atomic E-state index is 15.0. The molecule has 2 saturated heterocycles. The third-order valence-corrected chi connectivity index (χ3v) is 16.3. The third kappa shape index (κ3) is 5.35. The van der Waals surface area contributed by atoms with E-state index in [0.29, 0.717) is 42.8 Å². The number of ether oxygens (including phenoxy) is 1. The molecule has 52 heavy (non-hydrogen) atoms. The highest BCUT2D eigenvalue weighted by molar-refractivity contribution is 7.10. The number of pyridine rings is 1. The Kier molecular flexibility index (Phi) is 7.98. The van der Waals surface area contributed by atoms with Crippen LogP contribution in [0, 0.1) is 22.7 Å². The first-order chi connectivity index (χ1) is 24.8. The van der Waals surface area contributed by atoms with Crippen molar-refractivity contribution >= 4 is 53.9 Å². The van der Waals surface area contributed by atoms with Crippen LogP contribution < -0.4 is 5.43 Å². The lowest BCUT2D eigenvalue weighted by Crippen LogP contribution is -2.62. The molecule has 5 radical (unpaired) electrons. The smallest absolute Gasteiger partial charge is 0.324 e. The summed E-state index contributed by atoms with van der Waals surface area (Å²) in [5.74, 6) is 0.616. The first-order valence-corrected chi connectivity index (χ1v) is 21.3. The number of cyclic esters (lactones) is 1. The first-order valence-electron chi connectivity index (χ1n) is 18.8. The highest BCUT2D eigenvalue weighted by Crippen LogP contribution is 2.81. The van der Waals surface area contributed by atoms with Gasteiger partial charge >= 0.3 is 5.97 Å². The van der Waals surface area contributed by atoms with Gasteiger partial charge in [0, 0.05) is 71.7 Å². The fourth-order valence-corrected chi connectivity index (χ4v) is 13.0. The Morgan fingerprint density at radius 3 is 2.79 bits per heavy atom. The van der Waals surface area contributed by atoms with Gasteiger partial charge in [-0.05, 0) is 89.4 Å². The van der Waals surface area contributed by atoms with E-state index in [1.165, 1.54) is 11.1 Å². The maximum Gasteiger partial charge on any atom is 0.324 e. The van der Waals surface area contributed by atoms with E-state index in [0.717, 1.165) is 66.5 Å². The summed E-state index contributed by atoms with van der Waals surface area (Å²) in [6.07, 6.45) is 5.54. The topological polar surface area (TPSA) is 100 Å². The van der Waals surface area contributed by atoms with Gasteiger partial charge in [-0.2, -0.15) is 0 Å². The van der Waals surface area contributed by atoms with Crippen molar-refractivity contribution in [1.29, 1.82) is 0 Å². The highest BCUT2D eigenvalue weighted by atomic mass is 32.1. The summed E-state index contributed by atoms with van der Waals surface area (Å²) in [5.41, 5.74) is 11.8. The number of H-pyrrole nitrogens is 1. The molecule has 1 aromatic carbocycles. The first kappa shape index (κ1) is 34.4. The second-order valence-corrected chi connectivity index (χ2v) is 20.6. The lowest BCUT2D eigenvalue weighted by molar-refractivity contribution is -0.161. The number of amides is 1. The van der Waals surface area contributed by atoms with E-state index in [-0.39, 0.29) is 40.8 Å². The van der Waals surface area contributed by atoms with Gasteiger partial charge in [-0.25, -0.2) is 10.4 Å². The minimum atomic E-state index is -0.631. The van der Waals surface area contributed by atoms with Crippen molar-refractivity contribution in [3.63, 3.8) is 0 Å². The number of carbonyl (C=O) groups is 2. The van der Waals surface area contributed by atoms with Crippen molar-refractivity contribution in [2.75, 3.05) is 13.2 Å². The molecule has 3 aliphatic heterocycles. The molecular formula is C41H46N5O3SSi2. The maximum atomic E-state index is 15.0. The molecule has 6 heterocycles. The number of benzene rings is 1. The van der Waals surface area contributed by atoms with Crippen LogP contribution in [0.3, 0.4) is 0 Å². The normalized spacial score (nSPS) is 32.3. The van der Waals surface area contributed by atoms with Gasteiger partial charge in [0.2, 0.25) is 5.91 Å². The second-order valence-electron chi connectivity index (χ2n) is 17.2. The van der Waals surface area contributed by atoms with Crippen molar-refractivity contribution < 1.29 is 14.3 Å². The van der Waals surface area contributed by atoms with E-state index in [1.807, 2.05) is 12.3 Å². The molecule has 2 saturated carbocycles. The quantitative estimate of drug-likeness (QED) is 0.128. The molecule has 1 amide bonds. The summed E-state index contributed by atoms with van der Waals surface area (Å²) < 4.78 is 6.14. The number of carbonyl (C=O) groups excluding carboxylic acids is 2. The zero-order valence-electron chi connectivity index (χ0n) is 30.6. The second kappa shape index (κ2) is 12.1. The number of hydrazine groups is 1. The molecule has 9 rings (SSSR count). The predicted octanol–water partition coefficient (Wildman–Crippen LogP) is 7.47. The Balaban J connectivity index is 1.17. The number of aromatic nitrogens is 3. The molecule has 267 valence electrons. The summed E-state index contributed by atoms with van der Waals surface area (Å²) in [4.78, 5) is 42.6.